The van der Waals surface area contributed by atoms with Crippen LogP contribution in [0.1, 0.15) is 48.9 Å². The van der Waals surface area contributed by atoms with Gasteiger partial charge in [0, 0.05) is 5.41 Å². The van der Waals surface area contributed by atoms with E-state index in [0.29, 0.717) is 0 Å². The summed E-state index contributed by atoms with van der Waals surface area (Å²) in [5.74, 6) is 0. The standard InChI is InChI=1S/C51H40/c1-5-41-42(6-2)50(40-17-13-16-37(31-40)39-28-29-44-43-18-11-12-21-47(43)51(3,4)48(44)32-39)46-20-10-9-19-45(46)49(41)35-25-22-34(23-26-35)38-27-24-33-14-7-8-15-36(33)30-38/h5-11,13-20,22-32H,1-2,12,21H2,3-4H3. The molecule has 0 heteroatoms. The molecule has 0 radical (unpaired) electrons. The molecule has 0 spiro atoms. The highest BCUT2D eigenvalue weighted by Crippen LogP contribution is 2.51. The highest BCUT2D eigenvalue weighted by atomic mass is 14.4. The fraction of sp³-hybridized carbons (Fsp3) is 0.0980. The molecule has 2 aliphatic carbocycles. The summed E-state index contributed by atoms with van der Waals surface area (Å²) in [5.41, 5.74) is 17.7. The molecule has 0 saturated heterocycles. The van der Waals surface area contributed by atoms with Crippen LogP contribution >= 0.6 is 0 Å². The Kier molecular flexibility index (Phi) is 7.37. The van der Waals surface area contributed by atoms with E-state index in [1.54, 1.807) is 5.57 Å². The molecule has 7 aromatic rings. The van der Waals surface area contributed by atoms with Crippen LogP contribution < -0.4 is 0 Å². The van der Waals surface area contributed by atoms with Crippen molar-refractivity contribution in [1.82, 2.24) is 0 Å². The lowest BCUT2D eigenvalue weighted by atomic mass is 9.78. The van der Waals surface area contributed by atoms with Gasteiger partial charge >= 0.3 is 0 Å². The lowest BCUT2D eigenvalue weighted by Gasteiger charge is -2.26. The Labute approximate surface area is 301 Å². The van der Waals surface area contributed by atoms with E-state index < -0.39 is 0 Å². The maximum Gasteiger partial charge on any atom is 0.0121 e. The summed E-state index contributed by atoms with van der Waals surface area (Å²) < 4.78 is 0. The summed E-state index contributed by atoms with van der Waals surface area (Å²) >= 11 is 0. The summed E-state index contributed by atoms with van der Waals surface area (Å²) in [7, 11) is 0. The van der Waals surface area contributed by atoms with Gasteiger partial charge in [-0.15, -0.1) is 0 Å². The van der Waals surface area contributed by atoms with Crippen molar-refractivity contribution < 1.29 is 0 Å². The minimum atomic E-state index is 0.0393. The predicted octanol–water partition coefficient (Wildman–Crippen LogP) is 14.3. The molecule has 0 bridgehead atoms. The monoisotopic (exact) mass is 652 g/mol. The van der Waals surface area contributed by atoms with Crippen LogP contribution in [0.5, 0.6) is 0 Å². The van der Waals surface area contributed by atoms with Gasteiger partial charge in [0.05, 0.1) is 0 Å². The Morgan fingerprint density at radius 2 is 1.12 bits per heavy atom. The SMILES string of the molecule is C=Cc1c(C=C)c(-c2cccc(-c3ccc4c(c3)C(C)(C)C3=C4C=CCC3)c2)c2ccccc2c1-c1ccc(-c2ccc3ccccc3c2)cc1. The average molecular weight is 653 g/mol. The Hall–Kier alpha value is -5.98. The van der Waals surface area contributed by atoms with Crippen molar-refractivity contribution in [3.8, 4) is 44.5 Å². The average Bonchev–Trinajstić information content (AvgIpc) is 3.42. The van der Waals surface area contributed by atoms with E-state index in [2.05, 4.69) is 173 Å². The Morgan fingerprint density at radius 1 is 0.529 bits per heavy atom. The number of fused-ring (bicyclic) bond motifs is 4. The van der Waals surface area contributed by atoms with Crippen molar-refractivity contribution in [3.05, 3.63) is 187 Å². The topological polar surface area (TPSA) is 0 Å². The minimum absolute atomic E-state index is 0.0393. The minimum Gasteiger partial charge on any atom is -0.0984 e. The third kappa shape index (κ3) is 4.97. The number of hydrogen-bond acceptors (Lipinski definition) is 0. The highest BCUT2D eigenvalue weighted by molar-refractivity contribution is 6.12. The zero-order valence-corrected chi connectivity index (χ0v) is 29.3. The van der Waals surface area contributed by atoms with Gasteiger partial charge in [-0.1, -0.05) is 172 Å². The summed E-state index contributed by atoms with van der Waals surface area (Å²) in [6, 6.07) is 49.2. The van der Waals surface area contributed by atoms with Crippen molar-refractivity contribution in [2.45, 2.75) is 32.1 Å². The first-order valence-corrected chi connectivity index (χ1v) is 18.1. The smallest absolute Gasteiger partial charge is 0.0121 e. The molecule has 0 saturated carbocycles. The van der Waals surface area contributed by atoms with Crippen molar-refractivity contribution in [2.75, 3.05) is 0 Å². The van der Waals surface area contributed by atoms with Gasteiger partial charge in [-0.05, 0) is 125 Å². The molecule has 0 atom stereocenters. The van der Waals surface area contributed by atoms with E-state index in [1.165, 1.54) is 82.8 Å². The third-order valence-electron chi connectivity index (χ3n) is 11.4. The molecule has 0 amide bonds. The molecule has 0 aromatic heterocycles. The van der Waals surface area contributed by atoms with E-state index in [4.69, 9.17) is 0 Å². The fourth-order valence-electron chi connectivity index (χ4n) is 8.78. The first-order valence-electron chi connectivity index (χ1n) is 18.1. The maximum atomic E-state index is 4.36. The molecular weight excluding hydrogens is 613 g/mol. The van der Waals surface area contributed by atoms with Crippen LogP contribution in [0.25, 0.3) is 83.8 Å². The second kappa shape index (κ2) is 12.1. The maximum absolute atomic E-state index is 4.36. The van der Waals surface area contributed by atoms with Gasteiger partial charge in [0.15, 0.2) is 0 Å². The van der Waals surface area contributed by atoms with E-state index >= 15 is 0 Å². The Morgan fingerprint density at radius 3 is 1.86 bits per heavy atom. The molecule has 0 N–H and O–H groups in total. The molecule has 0 unspecified atom stereocenters. The quantitative estimate of drug-likeness (QED) is 0.168. The number of allylic oxidation sites excluding steroid dienone is 4. The zero-order chi connectivity index (χ0) is 34.7. The van der Waals surface area contributed by atoms with Gasteiger partial charge in [0.1, 0.15) is 0 Å². The van der Waals surface area contributed by atoms with Crippen molar-refractivity contribution >= 4 is 39.3 Å². The molecule has 7 aromatic carbocycles. The van der Waals surface area contributed by atoms with Gasteiger partial charge in [-0.2, -0.15) is 0 Å². The van der Waals surface area contributed by atoms with Gasteiger partial charge < -0.3 is 0 Å². The van der Waals surface area contributed by atoms with Gasteiger partial charge in [-0.3, -0.25) is 0 Å². The number of hydrogen-bond donors (Lipinski definition) is 0. The van der Waals surface area contributed by atoms with E-state index in [9.17, 15) is 0 Å². The van der Waals surface area contributed by atoms with Gasteiger partial charge in [-0.25, -0.2) is 0 Å². The van der Waals surface area contributed by atoms with E-state index in [-0.39, 0.29) is 5.41 Å². The Balaban J connectivity index is 1.16. The summed E-state index contributed by atoms with van der Waals surface area (Å²) in [6.07, 6.45) is 11.0. The van der Waals surface area contributed by atoms with Crippen molar-refractivity contribution in [1.29, 1.82) is 0 Å². The Bertz CT molecular complexity index is 2620. The summed E-state index contributed by atoms with van der Waals surface area (Å²) in [4.78, 5) is 0. The second-order valence-electron chi connectivity index (χ2n) is 14.5. The summed E-state index contributed by atoms with van der Waals surface area (Å²) in [5, 5.41) is 4.93. The van der Waals surface area contributed by atoms with Crippen molar-refractivity contribution in [3.63, 3.8) is 0 Å². The van der Waals surface area contributed by atoms with Crippen LogP contribution in [0.15, 0.2) is 164 Å². The number of benzene rings is 7. The van der Waals surface area contributed by atoms with E-state index in [1.807, 2.05) is 12.2 Å². The molecule has 244 valence electrons. The van der Waals surface area contributed by atoms with Crippen molar-refractivity contribution in [2.24, 2.45) is 0 Å². The molecule has 0 nitrogen and oxygen atoms in total. The number of rotatable bonds is 6. The summed E-state index contributed by atoms with van der Waals surface area (Å²) in [6.45, 7) is 13.5. The van der Waals surface area contributed by atoms with Crippen LogP contribution in [-0.2, 0) is 5.41 Å². The van der Waals surface area contributed by atoms with Gasteiger partial charge in [0.2, 0.25) is 0 Å². The highest BCUT2D eigenvalue weighted by Gasteiger charge is 2.37. The zero-order valence-electron chi connectivity index (χ0n) is 29.3. The van der Waals surface area contributed by atoms with Crippen LogP contribution in [-0.4, -0.2) is 0 Å². The molecular formula is C51H40. The van der Waals surface area contributed by atoms with E-state index in [0.717, 1.165) is 24.0 Å². The molecule has 2 aliphatic rings. The molecule has 0 aliphatic heterocycles. The first kappa shape index (κ1) is 31.0. The predicted molar refractivity (Wildman–Crippen MR) is 222 cm³/mol. The molecule has 9 rings (SSSR count). The van der Waals surface area contributed by atoms with Crippen LogP contribution in [0, 0.1) is 0 Å². The second-order valence-corrected chi connectivity index (χ2v) is 14.5. The molecule has 0 fully saturated rings. The largest absolute Gasteiger partial charge is 0.0984 e. The van der Waals surface area contributed by atoms with Crippen LogP contribution in [0.4, 0.5) is 0 Å². The molecule has 0 heterocycles. The lowest BCUT2D eigenvalue weighted by Crippen LogP contribution is -2.17. The molecule has 51 heavy (non-hydrogen) atoms. The van der Waals surface area contributed by atoms with Crippen LogP contribution in [0.2, 0.25) is 0 Å². The van der Waals surface area contributed by atoms with Gasteiger partial charge in [0.25, 0.3) is 0 Å². The first-order chi connectivity index (χ1) is 25.0. The third-order valence-corrected chi connectivity index (χ3v) is 11.4. The fourth-order valence-corrected chi connectivity index (χ4v) is 8.78. The lowest BCUT2D eigenvalue weighted by molar-refractivity contribution is 0.607. The van der Waals surface area contributed by atoms with Crippen LogP contribution in [0.3, 0.4) is 0 Å². The normalized spacial score (nSPS) is 14.5.